The lowest BCUT2D eigenvalue weighted by atomic mass is 10.1. The van der Waals surface area contributed by atoms with Gasteiger partial charge in [0.05, 0.1) is 10.1 Å². The molecule has 0 saturated heterocycles. The Labute approximate surface area is 133 Å². The van der Waals surface area contributed by atoms with Crippen LogP contribution in [0, 0.1) is 11.7 Å². The molecule has 6 heteroatoms. The van der Waals surface area contributed by atoms with Crippen molar-refractivity contribution in [2.24, 2.45) is 11.7 Å². The Kier molecular flexibility index (Phi) is 3.97. The van der Waals surface area contributed by atoms with Gasteiger partial charge in [-0.3, -0.25) is 0 Å². The number of benzene rings is 2. The largest absolute Gasteiger partial charge is 0.330 e. The predicted octanol–water partition coefficient (Wildman–Crippen LogP) is 2.99. The van der Waals surface area contributed by atoms with E-state index in [0.29, 0.717) is 5.02 Å². The lowest BCUT2D eigenvalue weighted by Crippen LogP contribution is -2.13. The quantitative estimate of drug-likeness (QED) is 0.931. The van der Waals surface area contributed by atoms with Gasteiger partial charge in [-0.2, -0.15) is 0 Å². The molecular formula is C16H15ClFNO2S. The highest BCUT2D eigenvalue weighted by atomic mass is 35.5. The van der Waals surface area contributed by atoms with Crippen LogP contribution in [0.15, 0.2) is 53.4 Å². The minimum absolute atomic E-state index is 0.147. The molecule has 0 bridgehead atoms. The van der Waals surface area contributed by atoms with E-state index in [2.05, 4.69) is 0 Å². The van der Waals surface area contributed by atoms with Crippen LogP contribution < -0.4 is 5.73 Å². The number of nitrogens with two attached hydrogens (primary N) is 1. The van der Waals surface area contributed by atoms with E-state index in [1.54, 1.807) is 24.3 Å². The molecule has 2 aromatic rings. The molecule has 116 valence electrons. The molecule has 1 fully saturated rings. The van der Waals surface area contributed by atoms with E-state index in [9.17, 15) is 12.8 Å². The van der Waals surface area contributed by atoms with Crippen LogP contribution in [0.4, 0.5) is 4.39 Å². The number of rotatable bonds is 4. The highest BCUT2D eigenvalue weighted by molar-refractivity contribution is 7.92. The zero-order chi connectivity index (χ0) is 15.9. The summed E-state index contributed by atoms with van der Waals surface area (Å²) in [7, 11) is -3.48. The maximum atomic E-state index is 13.0. The maximum Gasteiger partial charge on any atom is 0.182 e. The van der Waals surface area contributed by atoms with Crippen LogP contribution in [0.25, 0.3) is 0 Å². The minimum Gasteiger partial charge on any atom is -0.330 e. The highest BCUT2D eigenvalue weighted by Crippen LogP contribution is 2.53. The minimum atomic E-state index is -3.48. The van der Waals surface area contributed by atoms with Gasteiger partial charge in [0, 0.05) is 10.9 Å². The fourth-order valence-electron chi connectivity index (χ4n) is 2.95. The smallest absolute Gasteiger partial charge is 0.182 e. The first-order valence-electron chi connectivity index (χ1n) is 6.90. The van der Waals surface area contributed by atoms with Crippen molar-refractivity contribution in [3.05, 3.63) is 64.9 Å². The summed E-state index contributed by atoms with van der Waals surface area (Å²) in [5.41, 5.74) is 6.53. The molecule has 3 atom stereocenters. The van der Waals surface area contributed by atoms with Crippen molar-refractivity contribution in [2.45, 2.75) is 16.1 Å². The molecule has 2 aromatic carbocycles. The Morgan fingerprint density at radius 2 is 1.64 bits per heavy atom. The average molecular weight is 340 g/mol. The second-order valence-corrected chi connectivity index (χ2v) is 7.98. The van der Waals surface area contributed by atoms with E-state index in [1.807, 2.05) is 0 Å². The Hall–Kier alpha value is -1.43. The van der Waals surface area contributed by atoms with Gasteiger partial charge in [0.2, 0.25) is 0 Å². The summed E-state index contributed by atoms with van der Waals surface area (Å²) < 4.78 is 38.5. The second kappa shape index (κ2) is 5.65. The van der Waals surface area contributed by atoms with Gasteiger partial charge in [-0.1, -0.05) is 23.7 Å². The standard InChI is InChI=1S/C16H15ClFNO2S/c17-11-3-7-13(8-4-11)22(20,21)16-14(9-19)15(16)10-1-5-12(18)6-2-10/h1-8,14-16H,9,19H2/t14-,15+,16+/m1/s1. The summed E-state index contributed by atoms with van der Waals surface area (Å²) in [5.74, 6) is -0.678. The Morgan fingerprint density at radius 1 is 1.05 bits per heavy atom. The SMILES string of the molecule is NC[C@@H]1[C@H](c2ccc(F)cc2)[C@H]1S(=O)(=O)c1ccc(Cl)cc1. The molecule has 0 aromatic heterocycles. The molecule has 1 saturated carbocycles. The van der Waals surface area contributed by atoms with Crippen molar-refractivity contribution in [3.63, 3.8) is 0 Å². The Bertz CT molecular complexity index is 775. The summed E-state index contributed by atoms with van der Waals surface area (Å²) in [4.78, 5) is 0.241. The normalized spacial score (nSPS) is 24.2. The lowest BCUT2D eigenvalue weighted by molar-refractivity contribution is 0.591. The van der Waals surface area contributed by atoms with E-state index < -0.39 is 15.1 Å². The number of sulfone groups is 1. The number of hydrogen-bond acceptors (Lipinski definition) is 3. The molecule has 0 spiro atoms. The molecular weight excluding hydrogens is 325 g/mol. The molecule has 0 aliphatic heterocycles. The van der Waals surface area contributed by atoms with Gasteiger partial charge < -0.3 is 5.73 Å². The van der Waals surface area contributed by atoms with Crippen LogP contribution in [-0.4, -0.2) is 20.2 Å². The van der Waals surface area contributed by atoms with Crippen LogP contribution in [0.1, 0.15) is 11.5 Å². The van der Waals surface area contributed by atoms with Gasteiger partial charge in [0.25, 0.3) is 0 Å². The van der Waals surface area contributed by atoms with Crippen LogP contribution in [0.5, 0.6) is 0 Å². The summed E-state index contributed by atoms with van der Waals surface area (Å²) in [6.07, 6.45) is 0. The molecule has 0 heterocycles. The first-order chi connectivity index (χ1) is 10.4. The summed E-state index contributed by atoms with van der Waals surface area (Å²) in [5, 5.41) is -0.0793. The van der Waals surface area contributed by atoms with Crippen molar-refractivity contribution in [3.8, 4) is 0 Å². The van der Waals surface area contributed by atoms with Crippen LogP contribution in [0.3, 0.4) is 0 Å². The lowest BCUT2D eigenvalue weighted by Gasteiger charge is -2.04. The van der Waals surface area contributed by atoms with Crippen molar-refractivity contribution < 1.29 is 12.8 Å². The Morgan fingerprint density at radius 3 is 2.18 bits per heavy atom. The number of halogens is 2. The molecule has 0 amide bonds. The van der Waals surface area contributed by atoms with Crippen molar-refractivity contribution >= 4 is 21.4 Å². The summed E-state index contributed by atoms with van der Waals surface area (Å²) in [6, 6.07) is 12.1. The molecule has 1 aliphatic rings. The first kappa shape index (κ1) is 15.5. The van der Waals surface area contributed by atoms with E-state index in [4.69, 9.17) is 17.3 Å². The molecule has 1 aliphatic carbocycles. The van der Waals surface area contributed by atoms with E-state index >= 15 is 0 Å². The van der Waals surface area contributed by atoms with E-state index in [0.717, 1.165) is 5.56 Å². The third kappa shape index (κ3) is 2.64. The molecule has 3 rings (SSSR count). The van der Waals surface area contributed by atoms with Gasteiger partial charge in [-0.25, -0.2) is 12.8 Å². The average Bonchev–Trinajstić information content (AvgIpc) is 3.24. The van der Waals surface area contributed by atoms with Gasteiger partial charge in [-0.15, -0.1) is 0 Å². The zero-order valence-electron chi connectivity index (χ0n) is 11.6. The first-order valence-corrected chi connectivity index (χ1v) is 8.82. The summed E-state index contributed by atoms with van der Waals surface area (Å²) in [6.45, 7) is 0.277. The van der Waals surface area contributed by atoms with Crippen molar-refractivity contribution in [2.75, 3.05) is 6.54 Å². The van der Waals surface area contributed by atoms with Crippen LogP contribution in [0.2, 0.25) is 5.02 Å². The summed E-state index contributed by atoms with van der Waals surface area (Å²) >= 11 is 5.80. The fourth-order valence-corrected chi connectivity index (χ4v) is 5.30. The monoisotopic (exact) mass is 339 g/mol. The van der Waals surface area contributed by atoms with E-state index in [-0.39, 0.29) is 29.1 Å². The molecule has 0 unspecified atom stereocenters. The van der Waals surface area contributed by atoms with Gasteiger partial charge >= 0.3 is 0 Å². The van der Waals surface area contributed by atoms with Crippen LogP contribution in [-0.2, 0) is 9.84 Å². The van der Waals surface area contributed by atoms with E-state index in [1.165, 1.54) is 24.3 Å². The van der Waals surface area contributed by atoms with Crippen molar-refractivity contribution in [1.82, 2.24) is 0 Å². The number of hydrogen-bond donors (Lipinski definition) is 1. The molecule has 22 heavy (non-hydrogen) atoms. The zero-order valence-corrected chi connectivity index (χ0v) is 13.2. The third-order valence-corrected chi connectivity index (χ3v) is 6.66. The Balaban J connectivity index is 1.93. The highest BCUT2D eigenvalue weighted by Gasteiger charge is 2.57. The molecule has 0 radical (unpaired) electrons. The maximum absolute atomic E-state index is 13.0. The van der Waals surface area contributed by atoms with Crippen LogP contribution >= 0.6 is 11.6 Å². The van der Waals surface area contributed by atoms with Gasteiger partial charge in [0.1, 0.15) is 5.82 Å². The van der Waals surface area contributed by atoms with Gasteiger partial charge in [0.15, 0.2) is 9.84 Å². The second-order valence-electron chi connectivity index (χ2n) is 5.44. The topological polar surface area (TPSA) is 60.2 Å². The van der Waals surface area contributed by atoms with Gasteiger partial charge in [-0.05, 0) is 54.4 Å². The van der Waals surface area contributed by atoms with Crippen molar-refractivity contribution in [1.29, 1.82) is 0 Å². The predicted molar refractivity (Wildman–Crippen MR) is 84.1 cm³/mol. The third-order valence-electron chi connectivity index (χ3n) is 4.12. The molecule has 3 nitrogen and oxygen atoms in total. The molecule has 2 N–H and O–H groups in total. The fraction of sp³-hybridized carbons (Fsp3) is 0.250.